The predicted molar refractivity (Wildman–Crippen MR) is 66.8 cm³/mol. The van der Waals surface area contributed by atoms with Gasteiger partial charge in [0.2, 0.25) is 0 Å². The molecule has 2 unspecified atom stereocenters. The zero-order valence-corrected chi connectivity index (χ0v) is 10.8. The van der Waals surface area contributed by atoms with Crippen molar-refractivity contribution in [3.63, 3.8) is 0 Å². The average Bonchev–Trinajstić information content (AvgIpc) is 2.78. The van der Waals surface area contributed by atoms with E-state index in [1.807, 2.05) is 4.90 Å². The van der Waals surface area contributed by atoms with Gasteiger partial charge in [0.1, 0.15) is 11.6 Å². The van der Waals surface area contributed by atoms with Crippen LogP contribution in [0.1, 0.15) is 37.8 Å². The van der Waals surface area contributed by atoms with E-state index >= 15 is 0 Å². The summed E-state index contributed by atoms with van der Waals surface area (Å²) in [5.41, 5.74) is 0.289. The SMILES string of the molecule is CC(c1cc(F)ccc1F)N1CCCC1CC(=O)O. The molecule has 1 aliphatic rings. The van der Waals surface area contributed by atoms with Crippen molar-refractivity contribution in [2.45, 2.75) is 38.3 Å². The molecule has 2 rings (SSSR count). The number of carboxylic acid groups (broad SMARTS) is 1. The molecule has 1 N–H and O–H groups in total. The minimum Gasteiger partial charge on any atom is -0.481 e. The number of benzene rings is 1. The maximum absolute atomic E-state index is 13.8. The van der Waals surface area contributed by atoms with Gasteiger partial charge in [-0.3, -0.25) is 9.69 Å². The van der Waals surface area contributed by atoms with Crippen LogP contribution in [0.25, 0.3) is 0 Å². The van der Waals surface area contributed by atoms with Crippen LogP contribution in [0.15, 0.2) is 18.2 Å². The zero-order chi connectivity index (χ0) is 14.0. The highest BCUT2D eigenvalue weighted by molar-refractivity contribution is 5.67. The van der Waals surface area contributed by atoms with Gasteiger partial charge in [-0.25, -0.2) is 8.78 Å². The number of rotatable bonds is 4. The first-order valence-electron chi connectivity index (χ1n) is 6.41. The second-order valence-electron chi connectivity index (χ2n) is 4.97. The minimum atomic E-state index is -0.858. The van der Waals surface area contributed by atoms with Crippen molar-refractivity contribution in [3.05, 3.63) is 35.4 Å². The summed E-state index contributed by atoms with van der Waals surface area (Å²) in [6.07, 6.45) is 1.72. The largest absolute Gasteiger partial charge is 0.481 e. The lowest BCUT2D eigenvalue weighted by molar-refractivity contribution is -0.138. The van der Waals surface area contributed by atoms with Crippen molar-refractivity contribution >= 4 is 5.97 Å². The molecule has 19 heavy (non-hydrogen) atoms. The van der Waals surface area contributed by atoms with Gasteiger partial charge in [0.05, 0.1) is 6.42 Å². The van der Waals surface area contributed by atoms with Crippen molar-refractivity contribution < 1.29 is 18.7 Å². The molecular formula is C14H17F2NO2. The molecule has 0 radical (unpaired) electrons. The van der Waals surface area contributed by atoms with E-state index in [1.54, 1.807) is 6.92 Å². The van der Waals surface area contributed by atoms with E-state index in [2.05, 4.69) is 0 Å². The van der Waals surface area contributed by atoms with Crippen LogP contribution >= 0.6 is 0 Å². The molecule has 0 spiro atoms. The van der Waals surface area contributed by atoms with Gasteiger partial charge in [0, 0.05) is 17.6 Å². The van der Waals surface area contributed by atoms with Crippen LogP contribution in [0, 0.1) is 11.6 Å². The third-order valence-corrected chi connectivity index (χ3v) is 3.74. The number of nitrogens with zero attached hydrogens (tertiary/aromatic N) is 1. The van der Waals surface area contributed by atoms with E-state index in [0.717, 1.165) is 31.5 Å². The monoisotopic (exact) mass is 269 g/mol. The fourth-order valence-corrected chi connectivity index (χ4v) is 2.80. The first-order valence-corrected chi connectivity index (χ1v) is 6.41. The highest BCUT2D eigenvalue weighted by Crippen LogP contribution is 2.32. The Balaban J connectivity index is 2.20. The van der Waals surface area contributed by atoms with Crippen molar-refractivity contribution in [2.24, 2.45) is 0 Å². The van der Waals surface area contributed by atoms with E-state index in [0.29, 0.717) is 0 Å². The van der Waals surface area contributed by atoms with Crippen LogP contribution in [-0.4, -0.2) is 28.6 Å². The Morgan fingerprint density at radius 2 is 2.26 bits per heavy atom. The maximum atomic E-state index is 13.8. The van der Waals surface area contributed by atoms with Crippen LogP contribution in [0.3, 0.4) is 0 Å². The van der Waals surface area contributed by atoms with E-state index in [-0.39, 0.29) is 24.1 Å². The first-order chi connectivity index (χ1) is 8.99. The summed E-state index contributed by atoms with van der Waals surface area (Å²) in [4.78, 5) is 12.8. The van der Waals surface area contributed by atoms with E-state index in [4.69, 9.17) is 5.11 Å². The Morgan fingerprint density at radius 1 is 1.53 bits per heavy atom. The Bertz CT molecular complexity index is 479. The highest BCUT2D eigenvalue weighted by atomic mass is 19.1. The number of hydrogen-bond donors (Lipinski definition) is 1. The zero-order valence-electron chi connectivity index (χ0n) is 10.8. The first kappa shape index (κ1) is 13.9. The molecule has 1 aliphatic heterocycles. The van der Waals surface area contributed by atoms with E-state index in [9.17, 15) is 13.6 Å². The molecule has 0 aromatic heterocycles. The Hall–Kier alpha value is -1.49. The predicted octanol–water partition coefficient (Wildman–Crippen LogP) is 2.96. The third-order valence-electron chi connectivity index (χ3n) is 3.74. The lowest BCUT2D eigenvalue weighted by Crippen LogP contribution is -2.34. The lowest BCUT2D eigenvalue weighted by Gasteiger charge is -2.30. The molecule has 0 aliphatic carbocycles. The summed E-state index contributed by atoms with van der Waals surface area (Å²) in [7, 11) is 0. The standard InChI is InChI=1S/C14H17F2NO2/c1-9(12-7-10(15)4-5-13(12)16)17-6-2-3-11(17)8-14(18)19/h4-5,7,9,11H,2-3,6,8H2,1H3,(H,18,19). The number of halogens is 2. The average molecular weight is 269 g/mol. The maximum Gasteiger partial charge on any atom is 0.304 e. The second kappa shape index (κ2) is 5.65. The molecule has 0 bridgehead atoms. The summed E-state index contributed by atoms with van der Waals surface area (Å²) in [5.74, 6) is -1.78. The molecule has 0 saturated carbocycles. The van der Waals surface area contributed by atoms with Gasteiger partial charge in [-0.2, -0.15) is 0 Å². The van der Waals surface area contributed by atoms with Crippen molar-refractivity contribution in [1.82, 2.24) is 4.90 Å². The Morgan fingerprint density at radius 3 is 2.95 bits per heavy atom. The van der Waals surface area contributed by atoms with Gasteiger partial charge in [-0.15, -0.1) is 0 Å². The minimum absolute atomic E-state index is 0.0429. The number of carboxylic acids is 1. The number of likely N-dealkylation sites (tertiary alicyclic amines) is 1. The summed E-state index contributed by atoms with van der Waals surface area (Å²) >= 11 is 0. The van der Waals surface area contributed by atoms with Gasteiger partial charge in [0.25, 0.3) is 0 Å². The van der Waals surface area contributed by atoms with Crippen LogP contribution in [0.5, 0.6) is 0 Å². The number of hydrogen-bond acceptors (Lipinski definition) is 2. The topological polar surface area (TPSA) is 40.5 Å². The molecule has 3 nitrogen and oxygen atoms in total. The van der Waals surface area contributed by atoms with Gasteiger partial charge in [0.15, 0.2) is 0 Å². The highest BCUT2D eigenvalue weighted by Gasteiger charge is 2.31. The molecule has 0 amide bonds. The molecule has 104 valence electrons. The van der Waals surface area contributed by atoms with Crippen molar-refractivity contribution in [1.29, 1.82) is 0 Å². The summed E-state index contributed by atoms with van der Waals surface area (Å²) in [6.45, 7) is 2.51. The fourth-order valence-electron chi connectivity index (χ4n) is 2.80. The van der Waals surface area contributed by atoms with Crippen LogP contribution < -0.4 is 0 Å². The van der Waals surface area contributed by atoms with Crippen LogP contribution in [-0.2, 0) is 4.79 Å². The Kier molecular flexibility index (Phi) is 4.14. The Labute approximate surface area is 110 Å². The van der Waals surface area contributed by atoms with Crippen molar-refractivity contribution in [3.8, 4) is 0 Å². The van der Waals surface area contributed by atoms with Gasteiger partial charge >= 0.3 is 5.97 Å². The third kappa shape index (κ3) is 3.10. The summed E-state index contributed by atoms with van der Waals surface area (Å²) in [5, 5.41) is 8.88. The molecule has 5 heteroatoms. The number of aliphatic carboxylic acids is 1. The van der Waals surface area contributed by atoms with Crippen LogP contribution in [0.2, 0.25) is 0 Å². The smallest absolute Gasteiger partial charge is 0.304 e. The molecule has 1 aromatic rings. The molecule has 1 saturated heterocycles. The summed E-state index contributed by atoms with van der Waals surface area (Å²) < 4.78 is 27.0. The van der Waals surface area contributed by atoms with Crippen LogP contribution in [0.4, 0.5) is 8.78 Å². The van der Waals surface area contributed by atoms with Gasteiger partial charge in [-0.1, -0.05) is 0 Å². The van der Waals surface area contributed by atoms with E-state index in [1.165, 1.54) is 6.07 Å². The molecule has 1 aromatic carbocycles. The molecule has 1 heterocycles. The molecule has 2 atom stereocenters. The van der Waals surface area contributed by atoms with Crippen molar-refractivity contribution in [2.75, 3.05) is 6.54 Å². The van der Waals surface area contributed by atoms with Gasteiger partial charge < -0.3 is 5.11 Å². The quantitative estimate of drug-likeness (QED) is 0.913. The van der Waals surface area contributed by atoms with E-state index < -0.39 is 17.6 Å². The second-order valence-corrected chi connectivity index (χ2v) is 4.97. The lowest BCUT2D eigenvalue weighted by atomic mass is 10.0. The van der Waals surface area contributed by atoms with Gasteiger partial charge in [-0.05, 0) is 44.5 Å². The number of carbonyl (C=O) groups is 1. The fraction of sp³-hybridized carbons (Fsp3) is 0.500. The normalized spacial score (nSPS) is 21.5. The molecule has 1 fully saturated rings. The molecular weight excluding hydrogens is 252 g/mol. The summed E-state index contributed by atoms with van der Waals surface area (Å²) in [6, 6.07) is 2.97.